The number of nitrogens with one attached hydrogen (secondary N) is 2. The van der Waals surface area contributed by atoms with Crippen molar-refractivity contribution in [2.75, 3.05) is 13.1 Å². The van der Waals surface area contributed by atoms with Crippen molar-refractivity contribution < 1.29 is 0 Å². The number of aromatic amines is 1. The molecule has 25 heavy (non-hydrogen) atoms. The predicted molar refractivity (Wildman–Crippen MR) is 107 cm³/mol. The van der Waals surface area contributed by atoms with Gasteiger partial charge < -0.3 is 15.2 Å². The van der Waals surface area contributed by atoms with E-state index in [0.29, 0.717) is 12.0 Å². The second kappa shape index (κ2) is 7.50. The van der Waals surface area contributed by atoms with Gasteiger partial charge in [0.2, 0.25) is 0 Å². The lowest BCUT2D eigenvalue weighted by molar-refractivity contribution is 0.292. The molecule has 4 rings (SSSR count). The van der Waals surface area contributed by atoms with Gasteiger partial charge in [0, 0.05) is 30.1 Å². The topological polar surface area (TPSA) is 44.0 Å². The molecule has 0 spiro atoms. The van der Waals surface area contributed by atoms with E-state index in [1.54, 1.807) is 0 Å². The highest BCUT2D eigenvalue weighted by Gasteiger charge is 2.26. The molecule has 1 aromatic carbocycles. The lowest BCUT2D eigenvalue weighted by Gasteiger charge is -2.36. The molecule has 1 saturated carbocycles. The molecule has 1 unspecified atom stereocenters. The maximum atomic E-state index is 6.09. The van der Waals surface area contributed by atoms with E-state index < -0.39 is 0 Å². The zero-order valence-corrected chi connectivity index (χ0v) is 16.0. The number of hydrogen-bond acceptors (Lipinski definition) is 2. The quantitative estimate of drug-likeness (QED) is 0.751. The lowest BCUT2D eigenvalue weighted by atomic mass is 9.95. The Kier molecular flexibility index (Phi) is 5.13. The largest absolute Gasteiger partial charge is 0.360 e. The third kappa shape index (κ3) is 3.93. The van der Waals surface area contributed by atoms with Gasteiger partial charge in [-0.3, -0.25) is 0 Å². The van der Waals surface area contributed by atoms with Crippen molar-refractivity contribution in [1.29, 1.82) is 0 Å². The molecule has 1 atom stereocenters. The zero-order valence-electron chi connectivity index (χ0n) is 14.4. The molecule has 0 bridgehead atoms. The van der Waals surface area contributed by atoms with Crippen molar-refractivity contribution >= 4 is 40.0 Å². The predicted octanol–water partition coefficient (Wildman–Crippen LogP) is 4.60. The number of H-pyrrole nitrogens is 1. The van der Waals surface area contributed by atoms with Crippen molar-refractivity contribution in [3.63, 3.8) is 0 Å². The van der Waals surface area contributed by atoms with E-state index in [0.717, 1.165) is 52.9 Å². The van der Waals surface area contributed by atoms with Gasteiger partial charge in [-0.05, 0) is 56.1 Å². The standard InChI is InChI=1S/C19H25ClN4S/c20-14-8-9-16-17(11-14)23-18(22-16)13-5-4-10-24(12-13)19(25)21-15-6-2-1-3-7-15/h8-9,11,13,15H,1-7,10,12H2,(H,21,25)(H,22,23). The van der Waals surface area contributed by atoms with Crippen LogP contribution in [0.1, 0.15) is 56.7 Å². The SMILES string of the molecule is S=C(NC1CCCCC1)N1CCCC(c2nc3ccc(Cl)cc3[nH]2)C1. The molecular formula is C19H25ClN4S. The van der Waals surface area contributed by atoms with Crippen LogP contribution in [0.5, 0.6) is 0 Å². The molecule has 2 N–H and O–H groups in total. The van der Waals surface area contributed by atoms with Crippen LogP contribution in [-0.2, 0) is 0 Å². The first-order valence-corrected chi connectivity index (χ1v) is 10.2. The van der Waals surface area contributed by atoms with Crippen molar-refractivity contribution in [3.05, 3.63) is 29.0 Å². The molecule has 6 heteroatoms. The maximum absolute atomic E-state index is 6.09. The van der Waals surface area contributed by atoms with Gasteiger partial charge in [-0.15, -0.1) is 0 Å². The molecule has 1 aromatic heterocycles. The number of nitrogens with zero attached hydrogens (tertiary/aromatic N) is 2. The lowest BCUT2D eigenvalue weighted by Crippen LogP contribution is -2.48. The fourth-order valence-corrected chi connectivity index (χ4v) is 4.60. The molecule has 2 aromatic rings. The summed E-state index contributed by atoms with van der Waals surface area (Å²) in [6.45, 7) is 1.98. The summed E-state index contributed by atoms with van der Waals surface area (Å²) in [5.41, 5.74) is 2.00. The number of hydrogen-bond donors (Lipinski definition) is 2. The molecule has 134 valence electrons. The van der Waals surface area contributed by atoms with Crippen LogP contribution >= 0.6 is 23.8 Å². The maximum Gasteiger partial charge on any atom is 0.169 e. The summed E-state index contributed by atoms with van der Waals surface area (Å²) in [5, 5.41) is 5.27. The fraction of sp³-hybridized carbons (Fsp3) is 0.579. The molecule has 0 amide bonds. The highest BCUT2D eigenvalue weighted by molar-refractivity contribution is 7.80. The Morgan fingerprint density at radius 3 is 2.88 bits per heavy atom. The third-order valence-corrected chi connectivity index (χ3v) is 6.10. The minimum absolute atomic E-state index is 0.394. The van der Waals surface area contributed by atoms with Crippen LogP contribution in [0.4, 0.5) is 0 Å². The summed E-state index contributed by atoms with van der Waals surface area (Å²) >= 11 is 11.8. The van der Waals surface area contributed by atoms with Crippen LogP contribution in [0.3, 0.4) is 0 Å². The van der Waals surface area contributed by atoms with E-state index in [1.807, 2.05) is 18.2 Å². The van der Waals surface area contributed by atoms with Crippen molar-refractivity contribution in [1.82, 2.24) is 20.2 Å². The third-order valence-electron chi connectivity index (χ3n) is 5.49. The van der Waals surface area contributed by atoms with Gasteiger partial charge >= 0.3 is 0 Å². The molecule has 4 nitrogen and oxygen atoms in total. The molecular weight excluding hydrogens is 352 g/mol. The van der Waals surface area contributed by atoms with E-state index in [9.17, 15) is 0 Å². The second-order valence-corrected chi connectivity index (χ2v) is 8.18. The van der Waals surface area contributed by atoms with Gasteiger partial charge in [0.15, 0.2) is 5.11 Å². The summed E-state index contributed by atoms with van der Waals surface area (Å²) in [4.78, 5) is 10.6. The number of imidazole rings is 1. The smallest absolute Gasteiger partial charge is 0.169 e. The first-order chi connectivity index (χ1) is 12.2. The van der Waals surface area contributed by atoms with Crippen LogP contribution in [0, 0.1) is 0 Å². The van der Waals surface area contributed by atoms with Crippen LogP contribution in [0.25, 0.3) is 11.0 Å². The second-order valence-electron chi connectivity index (χ2n) is 7.35. The van der Waals surface area contributed by atoms with Crippen LogP contribution in [0.2, 0.25) is 5.02 Å². The van der Waals surface area contributed by atoms with Gasteiger partial charge in [-0.2, -0.15) is 0 Å². The number of aromatic nitrogens is 2. The van der Waals surface area contributed by atoms with Gasteiger partial charge in [0.05, 0.1) is 11.0 Å². The highest BCUT2D eigenvalue weighted by atomic mass is 35.5. The first kappa shape index (κ1) is 17.1. The highest BCUT2D eigenvalue weighted by Crippen LogP contribution is 2.28. The Morgan fingerprint density at radius 2 is 2.04 bits per heavy atom. The zero-order chi connectivity index (χ0) is 17.2. The molecule has 2 fully saturated rings. The minimum Gasteiger partial charge on any atom is -0.360 e. The van der Waals surface area contributed by atoms with Gasteiger partial charge in [-0.25, -0.2) is 4.98 Å². The van der Waals surface area contributed by atoms with Gasteiger partial charge in [-0.1, -0.05) is 30.9 Å². The van der Waals surface area contributed by atoms with Gasteiger partial charge in [0.1, 0.15) is 5.82 Å². The molecule has 0 radical (unpaired) electrons. The van der Waals surface area contributed by atoms with Gasteiger partial charge in [0.25, 0.3) is 0 Å². The summed E-state index contributed by atoms with van der Waals surface area (Å²) in [6, 6.07) is 6.39. The Hall–Kier alpha value is -1.33. The van der Waals surface area contributed by atoms with Crippen LogP contribution in [0.15, 0.2) is 18.2 Å². The van der Waals surface area contributed by atoms with E-state index >= 15 is 0 Å². The Balaban J connectivity index is 1.43. The first-order valence-electron chi connectivity index (χ1n) is 9.39. The fourth-order valence-electron chi connectivity index (χ4n) is 4.09. The number of thiocarbonyl (C=S) groups is 1. The molecule has 1 aliphatic heterocycles. The van der Waals surface area contributed by atoms with Crippen molar-refractivity contribution in [3.8, 4) is 0 Å². The number of piperidine rings is 1. The number of fused-ring (bicyclic) bond motifs is 1. The molecule has 2 aliphatic rings. The molecule has 2 heterocycles. The summed E-state index contributed by atoms with van der Waals surface area (Å²) < 4.78 is 0. The number of halogens is 1. The monoisotopic (exact) mass is 376 g/mol. The van der Waals surface area contributed by atoms with E-state index in [2.05, 4.69) is 15.2 Å². The molecule has 1 saturated heterocycles. The number of likely N-dealkylation sites (tertiary alicyclic amines) is 1. The summed E-state index contributed by atoms with van der Waals surface area (Å²) in [5.74, 6) is 1.45. The van der Waals surface area contributed by atoms with Crippen LogP contribution in [-0.4, -0.2) is 39.1 Å². The molecule has 1 aliphatic carbocycles. The Morgan fingerprint density at radius 1 is 1.20 bits per heavy atom. The Bertz CT molecular complexity index is 753. The minimum atomic E-state index is 0.394. The van der Waals surface area contributed by atoms with Crippen molar-refractivity contribution in [2.24, 2.45) is 0 Å². The number of benzene rings is 1. The normalized spacial score (nSPS) is 22.3. The number of rotatable bonds is 2. The average Bonchev–Trinajstić information content (AvgIpc) is 3.06. The average molecular weight is 377 g/mol. The van der Waals surface area contributed by atoms with Crippen molar-refractivity contribution in [2.45, 2.75) is 56.9 Å². The van der Waals surface area contributed by atoms with E-state index in [4.69, 9.17) is 28.8 Å². The Labute approximate surface area is 159 Å². The summed E-state index contributed by atoms with van der Waals surface area (Å²) in [7, 11) is 0. The van der Waals surface area contributed by atoms with E-state index in [1.165, 1.54) is 32.1 Å². The van der Waals surface area contributed by atoms with E-state index in [-0.39, 0.29) is 0 Å². The van der Waals surface area contributed by atoms with Crippen LogP contribution < -0.4 is 5.32 Å². The summed E-state index contributed by atoms with van der Waals surface area (Å²) in [6.07, 6.45) is 8.82.